The number of benzene rings is 2. The van der Waals surface area contributed by atoms with Gasteiger partial charge in [0, 0.05) is 11.6 Å². The van der Waals surface area contributed by atoms with Crippen LogP contribution in [0.2, 0.25) is 5.02 Å². The Morgan fingerprint density at radius 2 is 1.86 bits per heavy atom. The van der Waals surface area contributed by atoms with Gasteiger partial charge in [0.15, 0.2) is 11.6 Å². The van der Waals surface area contributed by atoms with E-state index in [2.05, 4.69) is 5.32 Å². The van der Waals surface area contributed by atoms with E-state index in [0.29, 0.717) is 24.1 Å². The van der Waals surface area contributed by atoms with Gasteiger partial charge in [0.25, 0.3) is 0 Å². The Bertz CT molecular complexity index is 631. The largest absolute Gasteiger partial charge is 0.310 e. The summed E-state index contributed by atoms with van der Waals surface area (Å²) in [7, 11) is 0. The maximum Gasteiger partial charge on any atom is 0.159 e. The van der Waals surface area contributed by atoms with Crippen molar-refractivity contribution in [2.75, 3.05) is 6.54 Å². The first-order chi connectivity index (χ1) is 10.0. The van der Waals surface area contributed by atoms with E-state index in [-0.39, 0.29) is 11.1 Å². The highest BCUT2D eigenvalue weighted by Crippen LogP contribution is 2.26. The van der Waals surface area contributed by atoms with E-state index in [0.717, 1.165) is 12.1 Å². The summed E-state index contributed by atoms with van der Waals surface area (Å²) in [5.41, 5.74) is 0.994. The molecule has 0 heterocycles. The van der Waals surface area contributed by atoms with Gasteiger partial charge < -0.3 is 5.32 Å². The summed E-state index contributed by atoms with van der Waals surface area (Å²) in [6.07, 6.45) is 0.336. The van der Waals surface area contributed by atoms with E-state index in [9.17, 15) is 13.2 Å². The molecule has 0 aromatic heterocycles. The zero-order valence-corrected chi connectivity index (χ0v) is 12.2. The molecule has 112 valence electrons. The van der Waals surface area contributed by atoms with Crippen molar-refractivity contribution in [2.45, 2.75) is 19.4 Å². The van der Waals surface area contributed by atoms with Crippen LogP contribution in [0.5, 0.6) is 0 Å². The van der Waals surface area contributed by atoms with Crippen molar-refractivity contribution in [2.24, 2.45) is 0 Å². The highest BCUT2D eigenvalue weighted by Gasteiger charge is 2.18. The van der Waals surface area contributed by atoms with Crippen molar-refractivity contribution in [3.05, 3.63) is 70.0 Å². The number of nitrogens with one attached hydrogen (secondary N) is 1. The zero-order valence-electron chi connectivity index (χ0n) is 11.5. The van der Waals surface area contributed by atoms with Crippen molar-refractivity contribution in [1.29, 1.82) is 0 Å². The second-order valence-corrected chi connectivity index (χ2v) is 5.11. The molecule has 0 aliphatic rings. The normalized spacial score (nSPS) is 12.4. The molecule has 1 unspecified atom stereocenters. The molecule has 0 fully saturated rings. The van der Waals surface area contributed by atoms with Crippen molar-refractivity contribution in [3.63, 3.8) is 0 Å². The number of hydrogen-bond donors (Lipinski definition) is 1. The van der Waals surface area contributed by atoms with E-state index in [1.165, 1.54) is 12.1 Å². The Kier molecular flexibility index (Phi) is 5.26. The predicted octanol–water partition coefficient (Wildman–Crippen LogP) is 4.65. The fourth-order valence-corrected chi connectivity index (χ4v) is 2.41. The van der Waals surface area contributed by atoms with Crippen molar-refractivity contribution >= 4 is 11.6 Å². The van der Waals surface area contributed by atoms with Crippen LogP contribution in [0.3, 0.4) is 0 Å². The molecule has 0 aliphatic carbocycles. The van der Waals surface area contributed by atoms with Crippen molar-refractivity contribution in [3.8, 4) is 0 Å². The summed E-state index contributed by atoms with van der Waals surface area (Å²) >= 11 is 5.79. The van der Waals surface area contributed by atoms with Crippen LogP contribution in [0.15, 0.2) is 36.4 Å². The Morgan fingerprint density at radius 1 is 1.10 bits per heavy atom. The van der Waals surface area contributed by atoms with Gasteiger partial charge in [-0.2, -0.15) is 0 Å². The highest BCUT2D eigenvalue weighted by molar-refractivity contribution is 6.30. The van der Waals surface area contributed by atoms with Crippen LogP contribution in [0.25, 0.3) is 0 Å². The number of hydrogen-bond acceptors (Lipinski definition) is 1. The minimum atomic E-state index is -0.908. The highest BCUT2D eigenvalue weighted by atomic mass is 35.5. The molecule has 0 spiro atoms. The van der Waals surface area contributed by atoms with Gasteiger partial charge >= 0.3 is 0 Å². The first-order valence-electron chi connectivity index (χ1n) is 6.64. The van der Waals surface area contributed by atoms with E-state index in [1.54, 1.807) is 12.1 Å². The van der Waals surface area contributed by atoms with E-state index in [1.807, 2.05) is 6.92 Å². The standard InChI is InChI=1S/C16H15ClF3N/c1-2-21-15(11-4-3-5-12(17)16(11)20)9-10-6-7-13(18)14(19)8-10/h3-8,15,21H,2,9H2,1H3. The van der Waals surface area contributed by atoms with Crippen LogP contribution in [-0.4, -0.2) is 6.54 Å². The van der Waals surface area contributed by atoms with E-state index in [4.69, 9.17) is 11.6 Å². The third-order valence-corrected chi connectivity index (χ3v) is 3.52. The fourth-order valence-electron chi connectivity index (χ4n) is 2.23. The molecule has 21 heavy (non-hydrogen) atoms. The van der Waals surface area contributed by atoms with Gasteiger partial charge in [0.05, 0.1) is 5.02 Å². The Balaban J connectivity index is 2.30. The lowest BCUT2D eigenvalue weighted by Crippen LogP contribution is -2.24. The third-order valence-electron chi connectivity index (χ3n) is 3.23. The first-order valence-corrected chi connectivity index (χ1v) is 7.02. The van der Waals surface area contributed by atoms with Gasteiger partial charge in [-0.1, -0.05) is 36.7 Å². The molecule has 1 atom stereocenters. The van der Waals surface area contributed by atoms with Crippen LogP contribution in [0, 0.1) is 17.5 Å². The van der Waals surface area contributed by atoms with Crippen molar-refractivity contribution in [1.82, 2.24) is 5.32 Å². The predicted molar refractivity (Wildman–Crippen MR) is 77.9 cm³/mol. The lowest BCUT2D eigenvalue weighted by Gasteiger charge is -2.19. The van der Waals surface area contributed by atoms with Gasteiger partial charge in [-0.25, -0.2) is 13.2 Å². The third kappa shape index (κ3) is 3.77. The van der Waals surface area contributed by atoms with Gasteiger partial charge in [-0.3, -0.25) is 0 Å². The molecule has 0 aliphatic heterocycles. The molecule has 0 radical (unpaired) electrons. The molecule has 0 saturated carbocycles. The zero-order chi connectivity index (χ0) is 15.4. The van der Waals surface area contributed by atoms with Gasteiger partial charge in [-0.05, 0) is 36.7 Å². The average molecular weight is 314 g/mol. The minimum absolute atomic E-state index is 0.0423. The minimum Gasteiger partial charge on any atom is -0.310 e. The smallest absolute Gasteiger partial charge is 0.159 e. The van der Waals surface area contributed by atoms with Crippen LogP contribution in [0.1, 0.15) is 24.1 Å². The molecule has 1 N–H and O–H groups in total. The summed E-state index contributed by atoms with van der Waals surface area (Å²) in [6, 6.07) is 8.10. The van der Waals surface area contributed by atoms with Crippen LogP contribution in [-0.2, 0) is 6.42 Å². The summed E-state index contributed by atoms with van der Waals surface area (Å²) in [4.78, 5) is 0. The SMILES string of the molecule is CCNC(Cc1ccc(F)c(F)c1)c1cccc(Cl)c1F. The Hall–Kier alpha value is -1.52. The Labute approximate surface area is 126 Å². The maximum atomic E-state index is 14.1. The molecular formula is C16H15ClF3N. The van der Waals surface area contributed by atoms with Crippen LogP contribution >= 0.6 is 11.6 Å². The molecule has 2 aromatic carbocycles. The van der Waals surface area contributed by atoms with Gasteiger partial charge in [0.1, 0.15) is 5.82 Å². The molecule has 2 rings (SSSR count). The molecule has 0 saturated heterocycles. The summed E-state index contributed by atoms with van der Waals surface area (Å²) in [5.74, 6) is -2.30. The maximum absolute atomic E-state index is 14.1. The van der Waals surface area contributed by atoms with Gasteiger partial charge in [-0.15, -0.1) is 0 Å². The number of halogens is 4. The lowest BCUT2D eigenvalue weighted by atomic mass is 9.98. The summed E-state index contributed by atoms with van der Waals surface area (Å²) < 4.78 is 40.3. The Morgan fingerprint density at radius 3 is 2.52 bits per heavy atom. The molecular weight excluding hydrogens is 299 g/mol. The molecule has 1 nitrogen and oxygen atoms in total. The first kappa shape index (κ1) is 15.9. The van der Waals surface area contributed by atoms with Crippen molar-refractivity contribution < 1.29 is 13.2 Å². The quantitative estimate of drug-likeness (QED) is 0.847. The van der Waals surface area contributed by atoms with Crippen LogP contribution in [0.4, 0.5) is 13.2 Å². The fraction of sp³-hybridized carbons (Fsp3) is 0.250. The molecule has 2 aromatic rings. The second-order valence-electron chi connectivity index (χ2n) is 4.71. The molecule has 0 amide bonds. The summed E-state index contributed by atoms with van der Waals surface area (Å²) in [5, 5.41) is 3.18. The second kappa shape index (κ2) is 6.96. The van der Waals surface area contributed by atoms with E-state index >= 15 is 0 Å². The average Bonchev–Trinajstić information content (AvgIpc) is 2.45. The number of likely N-dealkylation sites (N-methyl/N-ethyl adjacent to an activating group) is 1. The van der Waals surface area contributed by atoms with Gasteiger partial charge in [0.2, 0.25) is 0 Å². The van der Waals surface area contributed by atoms with E-state index < -0.39 is 17.5 Å². The molecule has 0 bridgehead atoms. The monoisotopic (exact) mass is 313 g/mol. The lowest BCUT2D eigenvalue weighted by molar-refractivity contribution is 0.495. The summed E-state index contributed by atoms with van der Waals surface area (Å²) in [6.45, 7) is 2.50. The topological polar surface area (TPSA) is 12.0 Å². The van der Waals surface area contributed by atoms with Crippen LogP contribution < -0.4 is 5.32 Å². The number of rotatable bonds is 5. The molecule has 5 heteroatoms.